The van der Waals surface area contributed by atoms with E-state index in [1.54, 1.807) is 0 Å². The zero-order valence-corrected chi connectivity index (χ0v) is 14.2. The van der Waals surface area contributed by atoms with Crippen LogP contribution in [0.5, 0.6) is 0 Å². The van der Waals surface area contributed by atoms with Gasteiger partial charge in [0.25, 0.3) is 0 Å². The predicted octanol–water partition coefficient (Wildman–Crippen LogP) is 0.369. The number of amides is 1. The molecule has 2 aromatic rings. The van der Waals surface area contributed by atoms with Gasteiger partial charge in [-0.15, -0.1) is 0 Å². The second kappa shape index (κ2) is 6.17. The first-order valence-electron chi connectivity index (χ1n) is 6.98. The number of benzene rings is 1. The average Bonchev–Trinajstić information content (AvgIpc) is 2.73. The summed E-state index contributed by atoms with van der Waals surface area (Å²) in [7, 11) is -0.801. The van der Waals surface area contributed by atoms with Gasteiger partial charge in [-0.25, -0.2) is 17.5 Å². The SMILES string of the molecule is CC(C)NC(=O)Cn1c(=O)oc2cc(S(=O)(=O)N(C)C)ccc21. The molecule has 1 amide bonds. The van der Waals surface area contributed by atoms with Crippen LogP contribution in [0.2, 0.25) is 0 Å². The van der Waals surface area contributed by atoms with Crippen LogP contribution in [0.1, 0.15) is 13.8 Å². The Balaban J connectivity index is 2.45. The molecule has 0 aliphatic rings. The van der Waals surface area contributed by atoms with Gasteiger partial charge in [0.15, 0.2) is 5.58 Å². The zero-order valence-electron chi connectivity index (χ0n) is 13.4. The van der Waals surface area contributed by atoms with E-state index >= 15 is 0 Å². The standard InChI is InChI=1S/C14H19N3O5S/c1-9(2)15-13(18)8-17-11-6-5-10(23(20,21)16(3)4)7-12(11)22-14(17)19/h5-7,9H,8H2,1-4H3,(H,15,18). The largest absolute Gasteiger partial charge is 0.420 e. The molecule has 1 aromatic carbocycles. The third-order valence-corrected chi connectivity index (χ3v) is 4.98. The van der Waals surface area contributed by atoms with Crippen LogP contribution in [0, 0.1) is 0 Å². The fourth-order valence-electron chi connectivity index (χ4n) is 2.08. The van der Waals surface area contributed by atoms with Crippen molar-refractivity contribution in [2.45, 2.75) is 31.3 Å². The van der Waals surface area contributed by atoms with Crippen molar-refractivity contribution in [3.05, 3.63) is 28.7 Å². The fraction of sp³-hybridized carbons (Fsp3) is 0.429. The minimum Gasteiger partial charge on any atom is -0.408 e. The highest BCUT2D eigenvalue weighted by molar-refractivity contribution is 7.89. The second-order valence-electron chi connectivity index (χ2n) is 5.59. The van der Waals surface area contributed by atoms with Gasteiger partial charge in [-0.05, 0) is 26.0 Å². The number of hydrogen-bond donors (Lipinski definition) is 1. The third kappa shape index (κ3) is 3.45. The van der Waals surface area contributed by atoms with Crippen LogP contribution in [0.3, 0.4) is 0 Å². The van der Waals surface area contributed by atoms with Crippen LogP contribution in [-0.2, 0) is 21.4 Å². The zero-order chi connectivity index (χ0) is 17.4. The van der Waals surface area contributed by atoms with Crippen LogP contribution >= 0.6 is 0 Å². The second-order valence-corrected chi connectivity index (χ2v) is 7.75. The molecular weight excluding hydrogens is 322 g/mol. The summed E-state index contributed by atoms with van der Waals surface area (Å²) < 4.78 is 31.5. The smallest absolute Gasteiger partial charge is 0.408 e. The summed E-state index contributed by atoms with van der Waals surface area (Å²) in [4.78, 5) is 23.7. The Bertz CT molecular complexity index is 893. The molecule has 126 valence electrons. The summed E-state index contributed by atoms with van der Waals surface area (Å²) in [5.41, 5.74) is 0.488. The van der Waals surface area contributed by atoms with Gasteiger partial charge in [0.1, 0.15) is 6.54 Å². The normalized spacial score (nSPS) is 12.3. The molecule has 0 spiro atoms. The van der Waals surface area contributed by atoms with E-state index in [1.807, 2.05) is 13.8 Å². The minimum atomic E-state index is -3.63. The highest BCUT2D eigenvalue weighted by atomic mass is 32.2. The van der Waals surface area contributed by atoms with Gasteiger partial charge in [0, 0.05) is 26.2 Å². The highest BCUT2D eigenvalue weighted by Crippen LogP contribution is 2.20. The number of nitrogens with one attached hydrogen (secondary N) is 1. The maximum Gasteiger partial charge on any atom is 0.420 e. The molecule has 0 atom stereocenters. The van der Waals surface area contributed by atoms with Crippen LogP contribution in [0.15, 0.2) is 32.3 Å². The number of carbonyl (C=O) groups excluding carboxylic acids is 1. The van der Waals surface area contributed by atoms with Crippen molar-refractivity contribution in [1.82, 2.24) is 14.2 Å². The summed E-state index contributed by atoms with van der Waals surface area (Å²) in [5, 5.41) is 2.68. The molecule has 0 bridgehead atoms. The molecule has 1 N–H and O–H groups in total. The Hall–Kier alpha value is -2.13. The van der Waals surface area contributed by atoms with Gasteiger partial charge in [0.05, 0.1) is 10.4 Å². The minimum absolute atomic E-state index is 0.0162. The third-order valence-electron chi connectivity index (χ3n) is 3.17. The Morgan fingerprint density at radius 2 is 2.00 bits per heavy atom. The molecule has 0 aliphatic heterocycles. The summed E-state index contributed by atoms with van der Waals surface area (Å²) in [6.07, 6.45) is 0. The summed E-state index contributed by atoms with van der Waals surface area (Å²) in [5.74, 6) is -1.03. The summed E-state index contributed by atoms with van der Waals surface area (Å²) in [6, 6.07) is 4.07. The number of carbonyl (C=O) groups is 1. The molecule has 0 unspecified atom stereocenters. The number of oxazole rings is 1. The average molecular weight is 341 g/mol. The number of fused-ring (bicyclic) bond motifs is 1. The predicted molar refractivity (Wildman–Crippen MR) is 84.6 cm³/mol. The van der Waals surface area contributed by atoms with Crippen molar-refractivity contribution in [3.8, 4) is 0 Å². The van der Waals surface area contributed by atoms with Crippen molar-refractivity contribution in [2.24, 2.45) is 0 Å². The van der Waals surface area contributed by atoms with Gasteiger partial charge < -0.3 is 9.73 Å². The lowest BCUT2D eigenvalue weighted by Crippen LogP contribution is -2.35. The molecule has 1 aromatic heterocycles. The van der Waals surface area contributed by atoms with E-state index in [0.717, 1.165) is 4.31 Å². The lowest BCUT2D eigenvalue weighted by molar-refractivity contribution is -0.122. The Morgan fingerprint density at radius 3 is 2.57 bits per heavy atom. The number of aromatic nitrogens is 1. The van der Waals surface area contributed by atoms with Crippen LogP contribution in [0.25, 0.3) is 11.1 Å². The number of sulfonamides is 1. The monoisotopic (exact) mass is 341 g/mol. The molecule has 0 radical (unpaired) electrons. The van der Waals surface area contributed by atoms with Crippen LogP contribution in [-0.4, -0.2) is 43.3 Å². The number of rotatable bonds is 5. The summed E-state index contributed by atoms with van der Waals surface area (Å²) >= 11 is 0. The lowest BCUT2D eigenvalue weighted by Gasteiger charge is -2.11. The molecule has 8 nitrogen and oxygen atoms in total. The van der Waals surface area contributed by atoms with Gasteiger partial charge >= 0.3 is 5.76 Å². The van der Waals surface area contributed by atoms with E-state index in [-0.39, 0.29) is 29.0 Å². The molecule has 0 aliphatic carbocycles. The highest BCUT2D eigenvalue weighted by Gasteiger charge is 2.20. The molecule has 0 saturated carbocycles. The van der Waals surface area contributed by atoms with Gasteiger partial charge in [0.2, 0.25) is 15.9 Å². The van der Waals surface area contributed by atoms with Crippen molar-refractivity contribution in [3.63, 3.8) is 0 Å². The van der Waals surface area contributed by atoms with E-state index in [9.17, 15) is 18.0 Å². The van der Waals surface area contributed by atoms with Crippen LogP contribution in [0.4, 0.5) is 0 Å². The Morgan fingerprint density at radius 1 is 1.35 bits per heavy atom. The number of hydrogen-bond acceptors (Lipinski definition) is 5. The van der Waals surface area contributed by atoms with Gasteiger partial charge in [-0.2, -0.15) is 0 Å². The van der Waals surface area contributed by atoms with Crippen molar-refractivity contribution in [2.75, 3.05) is 14.1 Å². The lowest BCUT2D eigenvalue weighted by atomic mass is 10.3. The van der Waals surface area contributed by atoms with E-state index in [4.69, 9.17) is 4.42 Å². The van der Waals surface area contributed by atoms with Crippen molar-refractivity contribution >= 4 is 27.0 Å². The maximum absolute atomic E-state index is 12.1. The van der Waals surface area contributed by atoms with E-state index in [2.05, 4.69) is 5.32 Å². The first kappa shape index (κ1) is 17.2. The molecule has 0 saturated heterocycles. The van der Waals surface area contributed by atoms with Gasteiger partial charge in [-0.1, -0.05) is 0 Å². The van der Waals surface area contributed by atoms with Crippen molar-refractivity contribution in [1.29, 1.82) is 0 Å². The van der Waals surface area contributed by atoms with Crippen LogP contribution < -0.4 is 11.1 Å². The Labute approximate surface area is 133 Å². The summed E-state index contributed by atoms with van der Waals surface area (Å²) in [6.45, 7) is 3.43. The molecule has 23 heavy (non-hydrogen) atoms. The van der Waals surface area contributed by atoms with E-state index < -0.39 is 15.8 Å². The van der Waals surface area contributed by atoms with E-state index in [0.29, 0.717) is 5.52 Å². The molecule has 2 rings (SSSR count). The Kier molecular flexibility index (Phi) is 4.62. The fourth-order valence-corrected chi connectivity index (χ4v) is 3.00. The quantitative estimate of drug-likeness (QED) is 0.846. The van der Waals surface area contributed by atoms with Gasteiger partial charge in [-0.3, -0.25) is 9.36 Å². The maximum atomic E-state index is 12.1. The molecular formula is C14H19N3O5S. The molecule has 1 heterocycles. The van der Waals surface area contributed by atoms with Crippen molar-refractivity contribution < 1.29 is 17.6 Å². The van der Waals surface area contributed by atoms with E-state index in [1.165, 1.54) is 36.9 Å². The molecule has 9 heteroatoms. The number of nitrogens with zero attached hydrogens (tertiary/aromatic N) is 2. The molecule has 0 fully saturated rings. The first-order valence-corrected chi connectivity index (χ1v) is 8.42. The first-order chi connectivity index (χ1) is 10.6. The topological polar surface area (TPSA) is 102 Å².